The van der Waals surface area contributed by atoms with E-state index in [1.54, 1.807) is 14.0 Å². The van der Waals surface area contributed by atoms with Crippen LogP contribution >= 0.6 is 0 Å². The average molecular weight is 257 g/mol. The summed E-state index contributed by atoms with van der Waals surface area (Å²) < 4.78 is 4.84. The standard InChI is InChI=1S/C12H23N3O3/c1-9(11(16)14-6-7-18-2)15-12(17)10-4-3-5-13-8-10/h9-10,13H,3-8H2,1-2H3,(H,14,16)(H,15,17)/t9?,10-/m1/s1. The van der Waals surface area contributed by atoms with Gasteiger partial charge in [0.1, 0.15) is 6.04 Å². The normalized spacial score (nSPS) is 21.1. The van der Waals surface area contributed by atoms with E-state index in [1.165, 1.54) is 0 Å². The Morgan fingerprint density at radius 3 is 2.89 bits per heavy atom. The fourth-order valence-corrected chi connectivity index (χ4v) is 1.90. The molecule has 18 heavy (non-hydrogen) atoms. The van der Waals surface area contributed by atoms with E-state index >= 15 is 0 Å². The summed E-state index contributed by atoms with van der Waals surface area (Å²) in [5, 5.41) is 8.62. The van der Waals surface area contributed by atoms with Gasteiger partial charge in [-0.3, -0.25) is 9.59 Å². The van der Waals surface area contributed by atoms with Gasteiger partial charge in [-0.1, -0.05) is 0 Å². The fraction of sp³-hybridized carbons (Fsp3) is 0.833. The second-order valence-electron chi connectivity index (χ2n) is 4.56. The average Bonchev–Trinajstić information content (AvgIpc) is 2.39. The fourth-order valence-electron chi connectivity index (χ4n) is 1.90. The first-order chi connectivity index (χ1) is 8.65. The number of methoxy groups -OCH3 is 1. The predicted molar refractivity (Wildman–Crippen MR) is 68.1 cm³/mol. The van der Waals surface area contributed by atoms with Gasteiger partial charge < -0.3 is 20.7 Å². The third-order valence-corrected chi connectivity index (χ3v) is 3.03. The minimum Gasteiger partial charge on any atom is -0.383 e. The van der Waals surface area contributed by atoms with Gasteiger partial charge in [0.2, 0.25) is 11.8 Å². The van der Waals surface area contributed by atoms with Crippen LogP contribution in [-0.2, 0) is 14.3 Å². The topological polar surface area (TPSA) is 79.5 Å². The van der Waals surface area contributed by atoms with E-state index in [2.05, 4.69) is 16.0 Å². The maximum atomic E-state index is 11.9. The zero-order valence-corrected chi connectivity index (χ0v) is 11.1. The predicted octanol–water partition coefficient (Wildman–Crippen LogP) is -0.747. The number of hydrogen-bond donors (Lipinski definition) is 3. The molecule has 1 aliphatic rings. The Morgan fingerprint density at radius 1 is 1.50 bits per heavy atom. The SMILES string of the molecule is COCCNC(=O)C(C)NC(=O)[C@@H]1CCCNC1. The van der Waals surface area contributed by atoms with Crippen LogP contribution in [0, 0.1) is 5.92 Å². The zero-order valence-electron chi connectivity index (χ0n) is 11.1. The van der Waals surface area contributed by atoms with Crippen molar-refractivity contribution in [2.24, 2.45) is 5.92 Å². The monoisotopic (exact) mass is 257 g/mol. The highest BCUT2D eigenvalue weighted by Crippen LogP contribution is 2.09. The number of carbonyl (C=O) groups is 2. The number of rotatable bonds is 6. The minimum absolute atomic E-state index is 0.0204. The van der Waals surface area contributed by atoms with Crippen LogP contribution in [-0.4, -0.2) is 51.2 Å². The smallest absolute Gasteiger partial charge is 0.242 e. The van der Waals surface area contributed by atoms with Crippen LogP contribution in [0.1, 0.15) is 19.8 Å². The number of hydrogen-bond acceptors (Lipinski definition) is 4. The molecule has 0 aromatic rings. The maximum absolute atomic E-state index is 11.9. The lowest BCUT2D eigenvalue weighted by molar-refractivity contribution is -0.131. The Kier molecular flexibility index (Phi) is 6.67. The van der Waals surface area contributed by atoms with Crippen LogP contribution in [0.5, 0.6) is 0 Å². The highest BCUT2D eigenvalue weighted by atomic mass is 16.5. The van der Waals surface area contributed by atoms with Gasteiger partial charge in [-0.15, -0.1) is 0 Å². The molecule has 0 aromatic heterocycles. The molecule has 1 saturated heterocycles. The van der Waals surface area contributed by atoms with Gasteiger partial charge >= 0.3 is 0 Å². The van der Waals surface area contributed by atoms with E-state index in [-0.39, 0.29) is 17.7 Å². The lowest BCUT2D eigenvalue weighted by Crippen LogP contribution is -2.49. The molecule has 1 unspecified atom stereocenters. The molecule has 1 aliphatic heterocycles. The first-order valence-corrected chi connectivity index (χ1v) is 6.43. The molecule has 2 amide bonds. The highest BCUT2D eigenvalue weighted by molar-refractivity contribution is 5.88. The van der Waals surface area contributed by atoms with Crippen molar-refractivity contribution in [1.29, 1.82) is 0 Å². The van der Waals surface area contributed by atoms with Crippen LogP contribution in [0.4, 0.5) is 0 Å². The van der Waals surface area contributed by atoms with Crippen molar-refractivity contribution in [2.75, 3.05) is 33.4 Å². The molecule has 0 bridgehead atoms. The number of amides is 2. The summed E-state index contributed by atoms with van der Waals surface area (Å²) in [5.41, 5.74) is 0. The van der Waals surface area contributed by atoms with Crippen LogP contribution in [0.3, 0.4) is 0 Å². The van der Waals surface area contributed by atoms with E-state index in [1.807, 2.05) is 0 Å². The molecule has 6 heteroatoms. The number of nitrogens with one attached hydrogen (secondary N) is 3. The van der Waals surface area contributed by atoms with Crippen molar-refractivity contribution in [3.63, 3.8) is 0 Å². The molecule has 2 atom stereocenters. The van der Waals surface area contributed by atoms with E-state index in [0.717, 1.165) is 19.4 Å². The Morgan fingerprint density at radius 2 is 2.28 bits per heavy atom. The van der Waals surface area contributed by atoms with Gasteiger partial charge in [-0.05, 0) is 26.3 Å². The van der Waals surface area contributed by atoms with Crippen molar-refractivity contribution < 1.29 is 14.3 Å². The molecule has 0 spiro atoms. The van der Waals surface area contributed by atoms with Crippen LogP contribution in [0.15, 0.2) is 0 Å². The summed E-state index contributed by atoms with van der Waals surface area (Å²) in [6.07, 6.45) is 1.89. The molecule has 0 aliphatic carbocycles. The van der Waals surface area contributed by atoms with Crippen LogP contribution in [0.25, 0.3) is 0 Å². The molecular formula is C12H23N3O3. The molecule has 0 saturated carbocycles. The van der Waals surface area contributed by atoms with Crippen molar-refractivity contribution in [3.05, 3.63) is 0 Å². The van der Waals surface area contributed by atoms with Gasteiger partial charge in [-0.2, -0.15) is 0 Å². The number of carbonyl (C=O) groups excluding carboxylic acids is 2. The lowest BCUT2D eigenvalue weighted by Gasteiger charge is -2.23. The van der Waals surface area contributed by atoms with Gasteiger partial charge in [0.25, 0.3) is 0 Å². The van der Waals surface area contributed by atoms with Gasteiger partial charge in [-0.25, -0.2) is 0 Å². The highest BCUT2D eigenvalue weighted by Gasteiger charge is 2.23. The number of ether oxygens (including phenoxy) is 1. The zero-order chi connectivity index (χ0) is 13.4. The van der Waals surface area contributed by atoms with Crippen LogP contribution < -0.4 is 16.0 Å². The second kappa shape index (κ2) is 8.05. The summed E-state index contributed by atoms with van der Waals surface area (Å²) in [6.45, 7) is 4.29. The van der Waals surface area contributed by atoms with Gasteiger partial charge in [0, 0.05) is 20.2 Å². The van der Waals surface area contributed by atoms with Crippen molar-refractivity contribution in [1.82, 2.24) is 16.0 Å². The van der Waals surface area contributed by atoms with Gasteiger partial charge in [0.05, 0.1) is 12.5 Å². The molecule has 3 N–H and O–H groups in total. The van der Waals surface area contributed by atoms with Crippen LogP contribution in [0.2, 0.25) is 0 Å². The third kappa shape index (κ3) is 5.01. The molecular weight excluding hydrogens is 234 g/mol. The van der Waals surface area contributed by atoms with E-state index in [9.17, 15) is 9.59 Å². The summed E-state index contributed by atoms with van der Waals surface area (Å²) in [5.74, 6) is -0.242. The van der Waals surface area contributed by atoms with Crippen molar-refractivity contribution in [3.8, 4) is 0 Å². The van der Waals surface area contributed by atoms with Crippen molar-refractivity contribution >= 4 is 11.8 Å². The molecule has 1 fully saturated rings. The van der Waals surface area contributed by atoms with E-state index < -0.39 is 6.04 Å². The largest absolute Gasteiger partial charge is 0.383 e. The summed E-state index contributed by atoms with van der Waals surface area (Å²) in [7, 11) is 1.58. The van der Waals surface area contributed by atoms with E-state index in [0.29, 0.717) is 19.7 Å². The van der Waals surface area contributed by atoms with Crippen molar-refractivity contribution in [2.45, 2.75) is 25.8 Å². The minimum atomic E-state index is -0.503. The summed E-state index contributed by atoms with van der Waals surface area (Å²) >= 11 is 0. The number of piperidine rings is 1. The Hall–Kier alpha value is -1.14. The second-order valence-corrected chi connectivity index (χ2v) is 4.56. The Bertz CT molecular complexity index is 278. The summed E-state index contributed by atoms with van der Waals surface area (Å²) in [6, 6.07) is -0.503. The Labute approximate surface area is 108 Å². The molecule has 1 rings (SSSR count). The molecule has 0 radical (unpaired) electrons. The first kappa shape index (κ1) is 14.9. The van der Waals surface area contributed by atoms with Gasteiger partial charge in [0.15, 0.2) is 0 Å². The maximum Gasteiger partial charge on any atom is 0.242 e. The molecule has 0 aromatic carbocycles. The van der Waals surface area contributed by atoms with E-state index in [4.69, 9.17) is 4.74 Å². The third-order valence-electron chi connectivity index (χ3n) is 3.03. The first-order valence-electron chi connectivity index (χ1n) is 6.43. The Balaban J connectivity index is 2.27. The quantitative estimate of drug-likeness (QED) is 0.547. The molecule has 6 nitrogen and oxygen atoms in total. The summed E-state index contributed by atoms with van der Waals surface area (Å²) in [4.78, 5) is 23.5. The molecule has 104 valence electrons. The molecule has 1 heterocycles. The lowest BCUT2D eigenvalue weighted by atomic mass is 9.98.